The van der Waals surface area contributed by atoms with E-state index in [0.717, 1.165) is 5.56 Å². The predicted molar refractivity (Wildman–Crippen MR) is 101 cm³/mol. The molecule has 0 bridgehead atoms. The van der Waals surface area contributed by atoms with Crippen molar-refractivity contribution < 1.29 is 28.1 Å². The number of fused-ring (bicyclic) bond motifs is 3. The number of aryl methyl sites for hydroxylation is 1. The summed E-state index contributed by atoms with van der Waals surface area (Å²) in [6.07, 6.45) is 1.60. The van der Waals surface area contributed by atoms with Crippen LogP contribution in [0.2, 0.25) is 0 Å². The van der Waals surface area contributed by atoms with Gasteiger partial charge >= 0.3 is 0 Å². The number of hydrogen-bond donors (Lipinski definition) is 0. The standard InChI is InChI=1S/C21H20FNO5/c1-13-3-4-16(14(22)11-13)28-17-5-6-23-15-12-18(25-8-7-24-2)20-21(19(15)17)27-10-9-26-20/h3-6,11-12H,7-10H2,1-2H3. The van der Waals surface area contributed by atoms with Crippen LogP contribution in [0, 0.1) is 12.7 Å². The molecule has 0 saturated carbocycles. The summed E-state index contributed by atoms with van der Waals surface area (Å²) in [5, 5.41) is 0.608. The minimum Gasteiger partial charge on any atom is -0.487 e. The van der Waals surface area contributed by atoms with E-state index < -0.39 is 5.82 Å². The van der Waals surface area contributed by atoms with E-state index in [2.05, 4.69) is 4.98 Å². The molecule has 0 amide bonds. The van der Waals surface area contributed by atoms with Crippen molar-refractivity contribution >= 4 is 10.9 Å². The summed E-state index contributed by atoms with van der Waals surface area (Å²) in [5.41, 5.74) is 1.41. The second-order valence-corrected chi connectivity index (χ2v) is 6.31. The molecule has 0 spiro atoms. The number of methoxy groups -OCH3 is 1. The van der Waals surface area contributed by atoms with Crippen LogP contribution in [-0.4, -0.2) is 38.5 Å². The number of hydrogen-bond acceptors (Lipinski definition) is 6. The van der Waals surface area contributed by atoms with Gasteiger partial charge in [-0.3, -0.25) is 4.98 Å². The molecule has 28 heavy (non-hydrogen) atoms. The lowest BCUT2D eigenvalue weighted by Crippen LogP contribution is -2.17. The Balaban J connectivity index is 1.80. The van der Waals surface area contributed by atoms with Crippen molar-refractivity contribution in [2.75, 3.05) is 33.5 Å². The lowest BCUT2D eigenvalue weighted by Gasteiger charge is -2.23. The highest BCUT2D eigenvalue weighted by molar-refractivity contribution is 5.95. The number of aromatic nitrogens is 1. The molecule has 6 nitrogen and oxygen atoms in total. The maximum Gasteiger partial charge on any atom is 0.204 e. The van der Waals surface area contributed by atoms with Crippen molar-refractivity contribution in [2.24, 2.45) is 0 Å². The first-order chi connectivity index (χ1) is 13.7. The Kier molecular flexibility index (Phi) is 5.16. The third-order valence-corrected chi connectivity index (χ3v) is 4.30. The van der Waals surface area contributed by atoms with E-state index >= 15 is 0 Å². The van der Waals surface area contributed by atoms with Crippen LogP contribution in [-0.2, 0) is 4.74 Å². The first kappa shape index (κ1) is 18.3. The van der Waals surface area contributed by atoms with Crippen molar-refractivity contribution in [1.82, 2.24) is 4.98 Å². The molecule has 0 saturated heterocycles. The fourth-order valence-electron chi connectivity index (χ4n) is 3.01. The van der Waals surface area contributed by atoms with E-state index in [4.69, 9.17) is 23.7 Å². The zero-order chi connectivity index (χ0) is 19.5. The number of ether oxygens (including phenoxy) is 5. The number of benzene rings is 2. The van der Waals surface area contributed by atoms with Gasteiger partial charge in [0.15, 0.2) is 23.1 Å². The molecule has 0 atom stereocenters. The number of nitrogens with zero attached hydrogens (tertiary/aromatic N) is 1. The van der Waals surface area contributed by atoms with Gasteiger partial charge in [0, 0.05) is 19.4 Å². The van der Waals surface area contributed by atoms with Crippen molar-refractivity contribution in [2.45, 2.75) is 6.92 Å². The zero-order valence-corrected chi connectivity index (χ0v) is 15.7. The molecule has 146 valence electrons. The smallest absolute Gasteiger partial charge is 0.204 e. The van der Waals surface area contributed by atoms with Crippen molar-refractivity contribution in [3.63, 3.8) is 0 Å². The maximum absolute atomic E-state index is 14.3. The molecule has 0 N–H and O–H groups in total. The van der Waals surface area contributed by atoms with Crippen LogP contribution in [0.15, 0.2) is 36.5 Å². The Labute approximate surface area is 161 Å². The summed E-state index contributed by atoms with van der Waals surface area (Å²) in [4.78, 5) is 4.40. The average Bonchev–Trinajstić information content (AvgIpc) is 2.70. The molecule has 4 rings (SSSR count). The predicted octanol–water partition coefficient (Wildman–Crippen LogP) is 4.27. The summed E-state index contributed by atoms with van der Waals surface area (Å²) in [6.45, 7) is 3.42. The molecule has 2 heterocycles. The molecule has 0 aliphatic carbocycles. The van der Waals surface area contributed by atoms with Gasteiger partial charge < -0.3 is 23.7 Å². The third-order valence-electron chi connectivity index (χ3n) is 4.30. The quantitative estimate of drug-likeness (QED) is 0.591. The van der Waals surface area contributed by atoms with E-state index in [0.29, 0.717) is 60.3 Å². The van der Waals surface area contributed by atoms with Gasteiger partial charge in [-0.15, -0.1) is 0 Å². The Hall–Kier alpha value is -3.06. The molecule has 2 aromatic carbocycles. The average molecular weight is 385 g/mol. The van der Waals surface area contributed by atoms with Gasteiger partial charge in [0.2, 0.25) is 5.75 Å². The Bertz CT molecular complexity index is 1010. The van der Waals surface area contributed by atoms with Gasteiger partial charge in [-0.2, -0.15) is 0 Å². The molecule has 1 aliphatic heterocycles. The van der Waals surface area contributed by atoms with Gasteiger partial charge in [-0.1, -0.05) is 6.07 Å². The van der Waals surface area contributed by atoms with Gasteiger partial charge in [0.25, 0.3) is 0 Å². The molecule has 7 heteroatoms. The largest absolute Gasteiger partial charge is 0.487 e. The van der Waals surface area contributed by atoms with Crippen LogP contribution in [0.3, 0.4) is 0 Å². The molecule has 1 aromatic heterocycles. The van der Waals surface area contributed by atoms with Crippen LogP contribution in [0.4, 0.5) is 4.39 Å². The van der Waals surface area contributed by atoms with Crippen molar-refractivity contribution in [3.05, 3.63) is 47.9 Å². The lowest BCUT2D eigenvalue weighted by atomic mass is 10.1. The molecule has 3 aromatic rings. The van der Waals surface area contributed by atoms with Crippen LogP contribution >= 0.6 is 0 Å². The zero-order valence-electron chi connectivity index (χ0n) is 15.7. The Morgan fingerprint density at radius 2 is 1.82 bits per heavy atom. The molecule has 0 radical (unpaired) electrons. The summed E-state index contributed by atoms with van der Waals surface area (Å²) >= 11 is 0. The fourth-order valence-corrected chi connectivity index (χ4v) is 3.01. The van der Waals surface area contributed by atoms with E-state index in [1.54, 1.807) is 37.6 Å². The highest BCUT2D eigenvalue weighted by atomic mass is 19.1. The second kappa shape index (κ2) is 7.90. The van der Waals surface area contributed by atoms with Crippen molar-refractivity contribution in [1.29, 1.82) is 0 Å². The number of rotatable bonds is 6. The highest BCUT2D eigenvalue weighted by Gasteiger charge is 2.24. The topological polar surface area (TPSA) is 59.0 Å². The monoisotopic (exact) mass is 385 g/mol. The summed E-state index contributed by atoms with van der Waals surface area (Å²) < 4.78 is 42.6. The summed E-state index contributed by atoms with van der Waals surface area (Å²) in [7, 11) is 1.61. The van der Waals surface area contributed by atoms with E-state index in [-0.39, 0.29) is 5.75 Å². The van der Waals surface area contributed by atoms with Crippen LogP contribution in [0.25, 0.3) is 10.9 Å². The number of pyridine rings is 1. The third kappa shape index (κ3) is 3.53. The normalized spacial score (nSPS) is 12.8. The molecule has 0 unspecified atom stereocenters. The Morgan fingerprint density at radius 1 is 1.00 bits per heavy atom. The van der Waals surface area contributed by atoms with Gasteiger partial charge in [0.1, 0.15) is 25.6 Å². The van der Waals surface area contributed by atoms with E-state index in [9.17, 15) is 4.39 Å². The maximum atomic E-state index is 14.3. The second-order valence-electron chi connectivity index (χ2n) is 6.31. The summed E-state index contributed by atoms with van der Waals surface area (Å²) in [5.74, 6) is 1.60. The van der Waals surface area contributed by atoms with Gasteiger partial charge in [0.05, 0.1) is 17.5 Å². The van der Waals surface area contributed by atoms with E-state index in [1.165, 1.54) is 6.07 Å². The van der Waals surface area contributed by atoms with Gasteiger partial charge in [-0.05, 0) is 30.7 Å². The minimum atomic E-state index is -0.435. The molecule has 0 fully saturated rings. The minimum absolute atomic E-state index is 0.129. The van der Waals surface area contributed by atoms with Crippen LogP contribution in [0.1, 0.15) is 5.56 Å². The Morgan fingerprint density at radius 3 is 2.61 bits per heavy atom. The SMILES string of the molecule is COCCOc1cc2nccc(Oc3ccc(C)cc3F)c2c2c1OCCO2. The summed E-state index contributed by atoms with van der Waals surface area (Å²) in [6, 6.07) is 8.25. The molecule has 1 aliphatic rings. The molecular weight excluding hydrogens is 365 g/mol. The fraction of sp³-hybridized carbons (Fsp3) is 0.286. The first-order valence-electron chi connectivity index (χ1n) is 8.94. The van der Waals surface area contributed by atoms with Crippen LogP contribution < -0.4 is 18.9 Å². The van der Waals surface area contributed by atoms with E-state index in [1.807, 2.05) is 6.92 Å². The van der Waals surface area contributed by atoms with Gasteiger partial charge in [-0.25, -0.2) is 4.39 Å². The number of halogens is 1. The molecular formula is C21H20FNO5. The van der Waals surface area contributed by atoms with Crippen LogP contribution in [0.5, 0.6) is 28.7 Å². The lowest BCUT2D eigenvalue weighted by molar-refractivity contribution is 0.134. The highest BCUT2D eigenvalue weighted by Crippen LogP contribution is 2.48. The van der Waals surface area contributed by atoms with Crippen molar-refractivity contribution in [3.8, 4) is 28.7 Å². The first-order valence-corrected chi connectivity index (χ1v) is 8.94.